The van der Waals surface area contributed by atoms with Gasteiger partial charge in [0.2, 0.25) is 0 Å². The standard InChI is InChI=1S/C26H40O4/c1-3-5-6-9-14-21-18-19-24(27)23(21)17-12-8-13-20-26(29,25(28)30-4-2)22-15-10-7-11-16-22/h7,10-11,15-16,21,23,29H,3-6,8-9,12-14,17-20H2,1-2H3/t21-,23+,26?/m0/s1. The van der Waals surface area contributed by atoms with Crippen LogP contribution in [0.1, 0.15) is 96.5 Å². The second-order valence-electron chi connectivity index (χ2n) is 8.77. The first kappa shape index (κ1) is 24.6. The SMILES string of the molecule is CCCCCC[C@H]1CCC(=O)[C@@H]1CCCCCC(O)(C(=O)OCC)c1ccccc1. The van der Waals surface area contributed by atoms with Crippen molar-refractivity contribution in [3.63, 3.8) is 0 Å². The van der Waals surface area contributed by atoms with Crippen molar-refractivity contribution in [2.24, 2.45) is 11.8 Å². The third kappa shape index (κ3) is 6.94. The van der Waals surface area contributed by atoms with Crippen LogP contribution in [0.4, 0.5) is 0 Å². The molecule has 1 aliphatic rings. The molecule has 4 heteroatoms. The topological polar surface area (TPSA) is 63.6 Å². The van der Waals surface area contributed by atoms with Crippen LogP contribution >= 0.6 is 0 Å². The van der Waals surface area contributed by atoms with Crippen LogP contribution in [0.5, 0.6) is 0 Å². The van der Waals surface area contributed by atoms with Gasteiger partial charge in [0.25, 0.3) is 0 Å². The van der Waals surface area contributed by atoms with Crippen LogP contribution in [0, 0.1) is 11.8 Å². The average molecular weight is 417 g/mol. The summed E-state index contributed by atoms with van der Waals surface area (Å²) in [6.45, 7) is 4.22. The van der Waals surface area contributed by atoms with Gasteiger partial charge in [-0.2, -0.15) is 0 Å². The fraction of sp³-hybridized carbons (Fsp3) is 0.692. The summed E-state index contributed by atoms with van der Waals surface area (Å²) in [7, 11) is 0. The maximum absolute atomic E-state index is 12.5. The molecule has 1 aromatic carbocycles. The minimum atomic E-state index is -1.59. The Morgan fingerprint density at radius 2 is 1.73 bits per heavy atom. The summed E-state index contributed by atoms with van der Waals surface area (Å²) < 4.78 is 5.15. The molecule has 1 saturated carbocycles. The highest BCUT2D eigenvalue weighted by Gasteiger charge is 2.39. The summed E-state index contributed by atoms with van der Waals surface area (Å²) in [6, 6.07) is 9.07. The number of esters is 1. The van der Waals surface area contributed by atoms with E-state index in [1.165, 1.54) is 32.1 Å². The van der Waals surface area contributed by atoms with Crippen LogP contribution in [0.2, 0.25) is 0 Å². The lowest BCUT2D eigenvalue weighted by Gasteiger charge is -2.26. The third-order valence-corrected chi connectivity index (χ3v) is 6.59. The lowest BCUT2D eigenvalue weighted by molar-refractivity contribution is -0.167. The van der Waals surface area contributed by atoms with E-state index in [2.05, 4.69) is 6.92 Å². The number of aliphatic hydroxyl groups is 1. The molecule has 30 heavy (non-hydrogen) atoms. The first-order valence-corrected chi connectivity index (χ1v) is 12.0. The molecule has 4 nitrogen and oxygen atoms in total. The van der Waals surface area contributed by atoms with Gasteiger partial charge in [-0.25, -0.2) is 4.79 Å². The smallest absolute Gasteiger partial charge is 0.342 e. The Bertz CT molecular complexity index is 642. The van der Waals surface area contributed by atoms with E-state index in [-0.39, 0.29) is 12.5 Å². The molecule has 0 heterocycles. The van der Waals surface area contributed by atoms with E-state index in [4.69, 9.17) is 4.74 Å². The van der Waals surface area contributed by atoms with Crippen molar-refractivity contribution < 1.29 is 19.4 Å². The van der Waals surface area contributed by atoms with Crippen LogP contribution in [-0.2, 0) is 19.9 Å². The minimum absolute atomic E-state index is 0.227. The second-order valence-corrected chi connectivity index (χ2v) is 8.77. The number of rotatable bonds is 14. The van der Waals surface area contributed by atoms with E-state index in [1.54, 1.807) is 19.1 Å². The van der Waals surface area contributed by atoms with E-state index in [9.17, 15) is 14.7 Å². The molecule has 0 radical (unpaired) electrons. The zero-order valence-electron chi connectivity index (χ0n) is 18.9. The predicted molar refractivity (Wildman–Crippen MR) is 120 cm³/mol. The predicted octanol–water partition coefficient (Wildman–Crippen LogP) is 5.95. The highest BCUT2D eigenvalue weighted by molar-refractivity contribution is 5.83. The number of hydrogen-bond acceptors (Lipinski definition) is 4. The van der Waals surface area contributed by atoms with E-state index < -0.39 is 11.6 Å². The van der Waals surface area contributed by atoms with Crippen molar-refractivity contribution in [2.75, 3.05) is 6.61 Å². The Morgan fingerprint density at radius 1 is 1.03 bits per heavy atom. The van der Waals surface area contributed by atoms with Gasteiger partial charge >= 0.3 is 5.97 Å². The Kier molecular flexibility index (Phi) is 10.6. The summed E-state index contributed by atoms with van der Waals surface area (Å²) in [4.78, 5) is 24.8. The highest BCUT2D eigenvalue weighted by Crippen LogP contribution is 2.37. The van der Waals surface area contributed by atoms with Gasteiger partial charge in [0.1, 0.15) is 5.78 Å². The zero-order valence-corrected chi connectivity index (χ0v) is 18.9. The van der Waals surface area contributed by atoms with Crippen molar-refractivity contribution in [2.45, 2.75) is 96.5 Å². The number of ether oxygens (including phenoxy) is 1. The number of carbonyl (C=O) groups excluding carboxylic acids is 2. The molecule has 1 aromatic rings. The van der Waals surface area contributed by atoms with Crippen LogP contribution < -0.4 is 0 Å². The summed E-state index contributed by atoms with van der Waals surface area (Å²) in [5.74, 6) is 0.664. The molecule has 0 aromatic heterocycles. The summed E-state index contributed by atoms with van der Waals surface area (Å²) in [6.07, 6.45) is 11.9. The third-order valence-electron chi connectivity index (χ3n) is 6.59. The molecule has 1 N–H and O–H groups in total. The van der Waals surface area contributed by atoms with E-state index in [0.29, 0.717) is 23.7 Å². The molecule has 1 unspecified atom stereocenters. The van der Waals surface area contributed by atoms with Gasteiger partial charge in [-0.05, 0) is 50.5 Å². The molecule has 3 atom stereocenters. The first-order chi connectivity index (χ1) is 14.5. The van der Waals surface area contributed by atoms with Crippen molar-refractivity contribution in [1.29, 1.82) is 0 Å². The van der Waals surface area contributed by atoms with Crippen molar-refractivity contribution in [3.8, 4) is 0 Å². The van der Waals surface area contributed by atoms with Crippen LogP contribution in [-0.4, -0.2) is 23.5 Å². The molecule has 0 amide bonds. The Hall–Kier alpha value is -1.68. The molecule has 2 rings (SSSR count). The molecule has 0 bridgehead atoms. The molecule has 0 spiro atoms. The number of Topliss-reactive ketones (excluding diaryl/α,β-unsaturated/α-hetero) is 1. The van der Waals surface area contributed by atoms with E-state index in [0.717, 1.165) is 38.5 Å². The number of ketones is 1. The minimum Gasteiger partial charge on any atom is -0.464 e. The fourth-order valence-corrected chi connectivity index (χ4v) is 4.80. The molecule has 0 aliphatic heterocycles. The number of benzene rings is 1. The average Bonchev–Trinajstić information content (AvgIpc) is 3.11. The lowest BCUT2D eigenvalue weighted by atomic mass is 9.85. The summed E-state index contributed by atoms with van der Waals surface area (Å²) >= 11 is 0. The van der Waals surface area contributed by atoms with Gasteiger partial charge < -0.3 is 9.84 Å². The monoisotopic (exact) mass is 416 g/mol. The normalized spacial score (nSPS) is 20.8. The lowest BCUT2D eigenvalue weighted by Crippen LogP contribution is -2.37. The second kappa shape index (κ2) is 12.9. The highest BCUT2D eigenvalue weighted by atomic mass is 16.5. The summed E-state index contributed by atoms with van der Waals surface area (Å²) in [5, 5.41) is 11.1. The largest absolute Gasteiger partial charge is 0.464 e. The zero-order chi connectivity index (χ0) is 21.8. The van der Waals surface area contributed by atoms with Crippen molar-refractivity contribution >= 4 is 11.8 Å². The van der Waals surface area contributed by atoms with E-state index >= 15 is 0 Å². The van der Waals surface area contributed by atoms with Crippen molar-refractivity contribution in [1.82, 2.24) is 0 Å². The van der Waals surface area contributed by atoms with Gasteiger partial charge in [0, 0.05) is 12.3 Å². The quantitative estimate of drug-likeness (QED) is 0.300. The van der Waals surface area contributed by atoms with Crippen LogP contribution in [0.15, 0.2) is 30.3 Å². The molecule has 0 saturated heterocycles. The van der Waals surface area contributed by atoms with Gasteiger partial charge in [0.05, 0.1) is 6.61 Å². The number of unbranched alkanes of at least 4 members (excludes halogenated alkanes) is 5. The van der Waals surface area contributed by atoms with Crippen molar-refractivity contribution in [3.05, 3.63) is 35.9 Å². The maximum Gasteiger partial charge on any atom is 0.342 e. The molecule has 168 valence electrons. The Morgan fingerprint density at radius 3 is 2.43 bits per heavy atom. The van der Waals surface area contributed by atoms with Gasteiger partial charge in [-0.3, -0.25) is 4.79 Å². The maximum atomic E-state index is 12.5. The van der Waals surface area contributed by atoms with Gasteiger partial charge in [-0.15, -0.1) is 0 Å². The molecular weight excluding hydrogens is 376 g/mol. The Balaban J connectivity index is 1.81. The van der Waals surface area contributed by atoms with E-state index in [1.807, 2.05) is 18.2 Å². The fourth-order valence-electron chi connectivity index (χ4n) is 4.80. The Labute approximate surface area is 182 Å². The summed E-state index contributed by atoms with van der Waals surface area (Å²) in [5.41, 5.74) is -1.01. The van der Waals surface area contributed by atoms with Gasteiger partial charge in [0.15, 0.2) is 5.60 Å². The number of hydrogen-bond donors (Lipinski definition) is 1. The molecule has 1 fully saturated rings. The first-order valence-electron chi connectivity index (χ1n) is 12.0. The van der Waals surface area contributed by atoms with Crippen LogP contribution in [0.3, 0.4) is 0 Å². The van der Waals surface area contributed by atoms with Gasteiger partial charge in [-0.1, -0.05) is 75.8 Å². The molecular formula is C26H40O4. The number of carbonyl (C=O) groups is 2. The molecule has 1 aliphatic carbocycles. The van der Waals surface area contributed by atoms with Crippen LogP contribution in [0.25, 0.3) is 0 Å².